The molecule has 0 aromatic heterocycles. The zero-order valence-corrected chi connectivity index (χ0v) is 14.6. The molecule has 3 rings (SSSR count). The van der Waals surface area contributed by atoms with Crippen LogP contribution in [-0.4, -0.2) is 10.7 Å². The third-order valence-corrected chi connectivity index (χ3v) is 4.03. The van der Waals surface area contributed by atoms with Crippen molar-refractivity contribution in [2.45, 2.75) is 6.92 Å². The first-order chi connectivity index (χ1) is 12.4. The highest BCUT2D eigenvalue weighted by atomic mass is 35.5. The highest BCUT2D eigenvalue weighted by Crippen LogP contribution is 2.31. The maximum Gasteiger partial charge on any atom is 0.270 e. The van der Waals surface area contributed by atoms with Crippen molar-refractivity contribution in [3.63, 3.8) is 0 Å². The normalized spacial score (nSPS) is 10.4. The van der Waals surface area contributed by atoms with Crippen LogP contribution in [0.4, 0.5) is 5.69 Å². The van der Waals surface area contributed by atoms with E-state index in [1.807, 2.05) is 19.1 Å². The number of hydrogen-bond acceptors (Lipinski definition) is 4. The van der Waals surface area contributed by atoms with Gasteiger partial charge in [0.15, 0.2) is 5.78 Å². The second kappa shape index (κ2) is 7.37. The van der Waals surface area contributed by atoms with Gasteiger partial charge in [-0.1, -0.05) is 41.4 Å². The SMILES string of the molecule is Cc1ccc(C(=O)c2cc([N+](=O)[O-])ccc2Oc2ccc(Cl)cc2)cc1. The fourth-order valence-corrected chi connectivity index (χ4v) is 2.51. The summed E-state index contributed by atoms with van der Waals surface area (Å²) >= 11 is 5.86. The number of benzene rings is 3. The van der Waals surface area contributed by atoms with Crippen LogP contribution in [0, 0.1) is 17.0 Å². The Morgan fingerprint density at radius 1 is 1.00 bits per heavy atom. The van der Waals surface area contributed by atoms with Gasteiger partial charge in [0.2, 0.25) is 0 Å². The number of nitro groups is 1. The van der Waals surface area contributed by atoms with Gasteiger partial charge in [0.25, 0.3) is 5.69 Å². The van der Waals surface area contributed by atoms with Gasteiger partial charge in [-0.2, -0.15) is 0 Å². The number of nitro benzene ring substituents is 1. The minimum atomic E-state index is -0.544. The summed E-state index contributed by atoms with van der Waals surface area (Å²) in [7, 11) is 0. The lowest BCUT2D eigenvalue weighted by molar-refractivity contribution is -0.384. The molecule has 0 bridgehead atoms. The number of aryl methyl sites for hydroxylation is 1. The predicted molar refractivity (Wildman–Crippen MR) is 99.2 cm³/mol. The highest BCUT2D eigenvalue weighted by Gasteiger charge is 2.19. The molecule has 0 unspecified atom stereocenters. The third kappa shape index (κ3) is 3.90. The molecular formula is C20H14ClNO4. The van der Waals surface area contributed by atoms with Crippen LogP contribution < -0.4 is 4.74 Å². The Bertz CT molecular complexity index is 966. The number of carbonyl (C=O) groups is 1. The van der Waals surface area contributed by atoms with Crippen molar-refractivity contribution in [1.29, 1.82) is 0 Å². The molecule has 0 amide bonds. The fraction of sp³-hybridized carbons (Fsp3) is 0.0500. The Morgan fingerprint density at radius 3 is 2.27 bits per heavy atom. The van der Waals surface area contributed by atoms with Gasteiger partial charge < -0.3 is 4.74 Å². The molecule has 3 aromatic rings. The second-order valence-corrected chi connectivity index (χ2v) is 6.13. The molecule has 0 aliphatic heterocycles. The van der Waals surface area contributed by atoms with Crippen LogP contribution in [-0.2, 0) is 0 Å². The van der Waals surface area contributed by atoms with E-state index in [4.69, 9.17) is 16.3 Å². The van der Waals surface area contributed by atoms with E-state index in [0.717, 1.165) is 5.56 Å². The van der Waals surface area contributed by atoms with E-state index in [2.05, 4.69) is 0 Å². The summed E-state index contributed by atoms with van der Waals surface area (Å²) in [6.07, 6.45) is 0. The van der Waals surface area contributed by atoms with Crippen molar-refractivity contribution in [2.24, 2.45) is 0 Å². The van der Waals surface area contributed by atoms with Crippen molar-refractivity contribution >= 4 is 23.1 Å². The van der Waals surface area contributed by atoms with E-state index in [9.17, 15) is 14.9 Å². The Kier molecular flexibility index (Phi) is 5.00. The molecule has 0 aliphatic rings. The summed E-state index contributed by atoms with van der Waals surface area (Å²) in [6, 6.07) is 17.6. The van der Waals surface area contributed by atoms with E-state index in [0.29, 0.717) is 16.3 Å². The lowest BCUT2D eigenvalue weighted by Crippen LogP contribution is -2.05. The fourth-order valence-electron chi connectivity index (χ4n) is 2.39. The van der Waals surface area contributed by atoms with E-state index in [1.165, 1.54) is 18.2 Å². The first kappa shape index (κ1) is 17.6. The molecule has 3 aromatic carbocycles. The molecule has 5 nitrogen and oxygen atoms in total. The summed E-state index contributed by atoms with van der Waals surface area (Å²) < 4.78 is 5.76. The van der Waals surface area contributed by atoms with Gasteiger partial charge in [-0.3, -0.25) is 14.9 Å². The number of nitrogens with zero attached hydrogens (tertiary/aromatic N) is 1. The first-order valence-corrected chi connectivity index (χ1v) is 8.15. The molecule has 6 heteroatoms. The van der Waals surface area contributed by atoms with Crippen molar-refractivity contribution in [3.8, 4) is 11.5 Å². The van der Waals surface area contributed by atoms with E-state index < -0.39 is 4.92 Å². The van der Waals surface area contributed by atoms with Gasteiger partial charge in [0, 0.05) is 22.7 Å². The number of ketones is 1. The van der Waals surface area contributed by atoms with Crippen LogP contribution in [0.2, 0.25) is 5.02 Å². The third-order valence-electron chi connectivity index (χ3n) is 3.77. The van der Waals surface area contributed by atoms with Gasteiger partial charge in [-0.05, 0) is 37.3 Å². The van der Waals surface area contributed by atoms with Gasteiger partial charge in [-0.25, -0.2) is 0 Å². The molecule has 0 heterocycles. The van der Waals surface area contributed by atoms with Crippen LogP contribution in [0.1, 0.15) is 21.5 Å². The smallest absolute Gasteiger partial charge is 0.270 e. The van der Waals surface area contributed by atoms with E-state index in [1.54, 1.807) is 36.4 Å². The van der Waals surface area contributed by atoms with Crippen molar-refractivity contribution in [3.05, 3.63) is 98.6 Å². The summed E-state index contributed by atoms with van der Waals surface area (Å²) in [5.41, 5.74) is 1.39. The van der Waals surface area contributed by atoms with Crippen LogP contribution >= 0.6 is 11.6 Å². The molecule has 130 valence electrons. The Morgan fingerprint density at radius 2 is 1.65 bits per heavy atom. The van der Waals surface area contributed by atoms with Crippen molar-refractivity contribution in [1.82, 2.24) is 0 Å². The average Bonchev–Trinajstić information content (AvgIpc) is 2.64. The number of carbonyl (C=O) groups excluding carboxylic acids is 1. The van der Waals surface area contributed by atoms with Crippen LogP contribution in [0.25, 0.3) is 0 Å². The van der Waals surface area contributed by atoms with Gasteiger partial charge >= 0.3 is 0 Å². The zero-order chi connectivity index (χ0) is 18.7. The summed E-state index contributed by atoms with van der Waals surface area (Å²) in [5, 5.41) is 11.7. The molecule has 0 spiro atoms. The number of rotatable bonds is 5. The lowest BCUT2D eigenvalue weighted by atomic mass is 10.0. The lowest BCUT2D eigenvalue weighted by Gasteiger charge is -2.11. The highest BCUT2D eigenvalue weighted by molar-refractivity contribution is 6.30. The largest absolute Gasteiger partial charge is 0.457 e. The standard InChI is InChI=1S/C20H14ClNO4/c1-13-2-4-14(5-3-13)20(23)18-12-16(22(24)25)8-11-19(18)26-17-9-6-15(21)7-10-17/h2-12H,1H3. The molecule has 0 saturated heterocycles. The minimum Gasteiger partial charge on any atom is -0.457 e. The maximum atomic E-state index is 12.9. The summed E-state index contributed by atoms with van der Waals surface area (Å²) in [5.74, 6) is 0.363. The molecule has 0 fully saturated rings. The molecule has 0 saturated carbocycles. The first-order valence-electron chi connectivity index (χ1n) is 7.77. The van der Waals surface area contributed by atoms with Gasteiger partial charge in [-0.15, -0.1) is 0 Å². The Hall–Kier alpha value is -3.18. The molecule has 0 aliphatic carbocycles. The van der Waals surface area contributed by atoms with E-state index in [-0.39, 0.29) is 22.8 Å². The number of hydrogen-bond donors (Lipinski definition) is 0. The number of halogens is 1. The quantitative estimate of drug-likeness (QED) is 0.335. The predicted octanol–water partition coefficient (Wildman–Crippen LogP) is 5.58. The van der Waals surface area contributed by atoms with Crippen molar-refractivity contribution in [2.75, 3.05) is 0 Å². The maximum absolute atomic E-state index is 12.9. The topological polar surface area (TPSA) is 69.4 Å². The monoisotopic (exact) mass is 367 g/mol. The average molecular weight is 368 g/mol. The number of ether oxygens (including phenoxy) is 1. The van der Waals surface area contributed by atoms with Crippen LogP contribution in [0.3, 0.4) is 0 Å². The van der Waals surface area contributed by atoms with Crippen molar-refractivity contribution < 1.29 is 14.5 Å². The molecule has 0 N–H and O–H groups in total. The second-order valence-electron chi connectivity index (χ2n) is 5.69. The zero-order valence-electron chi connectivity index (χ0n) is 13.8. The summed E-state index contributed by atoms with van der Waals surface area (Å²) in [4.78, 5) is 23.4. The Labute approximate surface area is 155 Å². The van der Waals surface area contributed by atoms with Crippen LogP contribution in [0.5, 0.6) is 11.5 Å². The molecule has 0 atom stereocenters. The summed E-state index contributed by atoms with van der Waals surface area (Å²) in [6.45, 7) is 1.91. The van der Waals surface area contributed by atoms with E-state index >= 15 is 0 Å². The molecule has 26 heavy (non-hydrogen) atoms. The van der Waals surface area contributed by atoms with Crippen LogP contribution in [0.15, 0.2) is 66.7 Å². The molecular weight excluding hydrogens is 354 g/mol. The van der Waals surface area contributed by atoms with Gasteiger partial charge in [0.05, 0.1) is 10.5 Å². The molecule has 0 radical (unpaired) electrons. The number of non-ortho nitro benzene ring substituents is 1. The van der Waals surface area contributed by atoms with Gasteiger partial charge in [0.1, 0.15) is 11.5 Å². The minimum absolute atomic E-state index is 0.123. The Balaban J connectivity index is 2.03.